The second kappa shape index (κ2) is 8.19. The maximum Gasteiger partial charge on any atom is 0.227 e. The topological polar surface area (TPSA) is 51.0 Å². The van der Waals surface area contributed by atoms with Crippen LogP contribution in [0.3, 0.4) is 0 Å². The first-order valence-electron chi connectivity index (χ1n) is 9.76. The summed E-state index contributed by atoms with van der Waals surface area (Å²) in [4.78, 5) is 14.8. The monoisotopic (exact) mass is 406 g/mol. The second-order valence-electron chi connectivity index (χ2n) is 7.49. The van der Waals surface area contributed by atoms with Gasteiger partial charge in [0.05, 0.1) is 6.42 Å². The quantitative estimate of drug-likeness (QED) is 0.764. The van der Waals surface area contributed by atoms with Crippen LogP contribution < -0.4 is 0 Å². The normalized spacial score (nSPS) is 20.2. The number of carbonyl (C=O) groups excluding carboxylic acids is 1. The van der Waals surface area contributed by atoms with E-state index in [1.54, 1.807) is 18.2 Å². The molecule has 2 aliphatic heterocycles. The van der Waals surface area contributed by atoms with Crippen molar-refractivity contribution in [2.24, 2.45) is 0 Å². The summed E-state index contributed by atoms with van der Waals surface area (Å²) in [5, 5.41) is 10.0. The zero-order valence-electron chi connectivity index (χ0n) is 15.3. The number of aryl methyl sites for hydroxylation is 1. The van der Waals surface area contributed by atoms with Crippen molar-refractivity contribution >= 4 is 29.1 Å². The summed E-state index contributed by atoms with van der Waals surface area (Å²) in [6.45, 7) is 2.47. The van der Waals surface area contributed by atoms with Gasteiger partial charge in [0.15, 0.2) is 0 Å². The summed E-state index contributed by atoms with van der Waals surface area (Å²) in [5.41, 5.74) is 0.712. The van der Waals surface area contributed by atoms with Crippen LogP contribution in [0.1, 0.15) is 55.2 Å². The van der Waals surface area contributed by atoms with Gasteiger partial charge in [-0.1, -0.05) is 35.7 Å². The molecule has 1 atom stereocenters. The molecule has 0 unspecified atom stereocenters. The van der Waals surface area contributed by atoms with Crippen molar-refractivity contribution in [2.45, 2.75) is 57.4 Å². The Morgan fingerprint density at radius 2 is 1.89 bits per heavy atom. The van der Waals surface area contributed by atoms with Crippen LogP contribution in [0.2, 0.25) is 10.0 Å². The SMILES string of the molecule is O=C(Cc1c(Cl)cccc1Cl)N1CCC[C@H](c2nnc3n2CCCCC3)C1. The van der Waals surface area contributed by atoms with Gasteiger partial charge in [0.1, 0.15) is 11.6 Å². The minimum Gasteiger partial charge on any atom is -0.342 e. The minimum atomic E-state index is 0.0744. The lowest BCUT2D eigenvalue weighted by Crippen LogP contribution is -2.40. The summed E-state index contributed by atoms with van der Waals surface area (Å²) >= 11 is 12.5. The summed E-state index contributed by atoms with van der Waals surface area (Å²) in [6, 6.07) is 5.35. The highest BCUT2D eigenvalue weighted by atomic mass is 35.5. The first-order chi connectivity index (χ1) is 13.1. The lowest BCUT2D eigenvalue weighted by molar-refractivity contribution is -0.131. The summed E-state index contributed by atoms with van der Waals surface area (Å²) < 4.78 is 2.30. The molecule has 1 fully saturated rings. The largest absolute Gasteiger partial charge is 0.342 e. The van der Waals surface area contributed by atoms with Crippen LogP contribution in [0.15, 0.2) is 18.2 Å². The highest BCUT2D eigenvalue weighted by molar-refractivity contribution is 6.36. The zero-order valence-corrected chi connectivity index (χ0v) is 16.8. The van der Waals surface area contributed by atoms with E-state index in [4.69, 9.17) is 23.2 Å². The number of hydrogen-bond acceptors (Lipinski definition) is 3. The summed E-state index contributed by atoms with van der Waals surface area (Å²) in [6.07, 6.45) is 6.89. The number of halogens is 2. The Morgan fingerprint density at radius 3 is 2.70 bits per heavy atom. The Morgan fingerprint density at radius 1 is 1.07 bits per heavy atom. The van der Waals surface area contributed by atoms with E-state index >= 15 is 0 Å². The van der Waals surface area contributed by atoms with E-state index in [1.165, 1.54) is 19.3 Å². The maximum atomic E-state index is 12.9. The standard InChI is InChI=1S/C20H24Cl2N4O/c21-16-7-4-8-17(22)15(16)12-19(27)25-10-5-6-14(13-25)20-24-23-18-9-2-1-3-11-26(18)20/h4,7-8,14H,1-3,5-6,9-13H2/t14-/m0/s1. The van der Waals surface area contributed by atoms with Crippen LogP contribution in [0.25, 0.3) is 0 Å². The van der Waals surface area contributed by atoms with E-state index in [9.17, 15) is 4.79 Å². The highest BCUT2D eigenvalue weighted by Gasteiger charge is 2.29. The van der Waals surface area contributed by atoms with Gasteiger partial charge in [-0.05, 0) is 43.4 Å². The fraction of sp³-hybridized carbons (Fsp3) is 0.550. The van der Waals surface area contributed by atoms with Gasteiger partial charge in [0.25, 0.3) is 0 Å². The van der Waals surface area contributed by atoms with Gasteiger partial charge in [-0.25, -0.2) is 0 Å². The third-order valence-corrected chi connectivity index (χ3v) is 6.38. The predicted molar refractivity (Wildman–Crippen MR) is 106 cm³/mol. The lowest BCUT2D eigenvalue weighted by Gasteiger charge is -2.32. The molecule has 1 aromatic carbocycles. The third-order valence-electron chi connectivity index (χ3n) is 5.67. The molecule has 0 aliphatic carbocycles. The minimum absolute atomic E-state index is 0.0744. The number of amides is 1. The lowest BCUT2D eigenvalue weighted by atomic mass is 9.96. The molecule has 4 rings (SSSR count). The van der Waals surface area contributed by atoms with Gasteiger partial charge in [-0.2, -0.15) is 0 Å². The van der Waals surface area contributed by atoms with Crippen molar-refractivity contribution in [3.63, 3.8) is 0 Å². The van der Waals surface area contributed by atoms with E-state index < -0.39 is 0 Å². The van der Waals surface area contributed by atoms with Gasteiger partial charge in [-0.3, -0.25) is 4.79 Å². The first-order valence-corrected chi connectivity index (χ1v) is 10.5. The van der Waals surface area contributed by atoms with E-state index in [-0.39, 0.29) is 18.2 Å². The Kier molecular flexibility index (Phi) is 5.69. The van der Waals surface area contributed by atoms with E-state index in [2.05, 4.69) is 14.8 Å². The molecule has 7 heteroatoms. The molecule has 1 aromatic heterocycles. The molecule has 0 N–H and O–H groups in total. The van der Waals surface area contributed by atoms with Gasteiger partial charge < -0.3 is 9.47 Å². The number of nitrogens with zero attached hydrogens (tertiary/aromatic N) is 4. The molecule has 5 nitrogen and oxygen atoms in total. The van der Waals surface area contributed by atoms with E-state index in [0.29, 0.717) is 22.2 Å². The van der Waals surface area contributed by atoms with Crippen LogP contribution in [0.4, 0.5) is 0 Å². The molecule has 27 heavy (non-hydrogen) atoms. The van der Waals surface area contributed by atoms with Gasteiger partial charge in [0.2, 0.25) is 5.91 Å². The molecular weight excluding hydrogens is 383 g/mol. The number of hydrogen-bond donors (Lipinski definition) is 0. The van der Waals surface area contributed by atoms with Gasteiger partial charge in [0, 0.05) is 42.0 Å². The number of carbonyl (C=O) groups is 1. The molecule has 0 spiro atoms. The average molecular weight is 407 g/mol. The van der Waals surface area contributed by atoms with E-state index in [1.807, 2.05) is 4.90 Å². The Hall–Kier alpha value is -1.59. The van der Waals surface area contributed by atoms with Gasteiger partial charge >= 0.3 is 0 Å². The number of piperidine rings is 1. The summed E-state index contributed by atoms with van der Waals surface area (Å²) in [7, 11) is 0. The smallest absolute Gasteiger partial charge is 0.227 e. The molecule has 1 amide bonds. The van der Waals surface area contributed by atoms with Crippen molar-refractivity contribution in [1.82, 2.24) is 19.7 Å². The van der Waals surface area contributed by atoms with E-state index in [0.717, 1.165) is 44.0 Å². The number of likely N-dealkylation sites (tertiary alicyclic amines) is 1. The number of benzene rings is 1. The Bertz CT molecular complexity index is 815. The van der Waals surface area contributed by atoms with Crippen LogP contribution in [0, 0.1) is 0 Å². The summed E-state index contributed by atoms with van der Waals surface area (Å²) in [5.74, 6) is 2.49. The van der Waals surface area contributed by atoms with Crippen molar-refractivity contribution in [2.75, 3.05) is 13.1 Å². The van der Waals surface area contributed by atoms with Crippen LogP contribution in [0.5, 0.6) is 0 Å². The van der Waals surface area contributed by atoms with Crippen molar-refractivity contribution in [1.29, 1.82) is 0 Å². The molecule has 0 saturated carbocycles. The number of rotatable bonds is 3. The Balaban J connectivity index is 1.48. The first kappa shape index (κ1) is 18.8. The van der Waals surface area contributed by atoms with Crippen LogP contribution in [-0.2, 0) is 24.2 Å². The highest BCUT2D eigenvalue weighted by Crippen LogP contribution is 2.30. The van der Waals surface area contributed by atoms with Crippen LogP contribution >= 0.6 is 23.2 Å². The molecule has 0 radical (unpaired) electrons. The van der Waals surface area contributed by atoms with Crippen LogP contribution in [-0.4, -0.2) is 38.7 Å². The number of aromatic nitrogens is 3. The maximum absolute atomic E-state index is 12.9. The Labute approximate surface area is 169 Å². The molecular formula is C20H24Cl2N4O. The number of fused-ring (bicyclic) bond motifs is 1. The average Bonchev–Trinajstić information content (AvgIpc) is 2.93. The molecule has 3 heterocycles. The van der Waals surface area contributed by atoms with Crippen molar-refractivity contribution in [3.8, 4) is 0 Å². The molecule has 0 bridgehead atoms. The molecule has 1 saturated heterocycles. The predicted octanol–water partition coefficient (Wildman–Crippen LogP) is 4.26. The molecule has 144 valence electrons. The molecule has 2 aliphatic rings. The van der Waals surface area contributed by atoms with Gasteiger partial charge in [-0.15, -0.1) is 10.2 Å². The third kappa shape index (κ3) is 3.99. The van der Waals surface area contributed by atoms with Crippen molar-refractivity contribution in [3.05, 3.63) is 45.5 Å². The van der Waals surface area contributed by atoms with Crippen molar-refractivity contribution < 1.29 is 4.79 Å². The fourth-order valence-electron chi connectivity index (χ4n) is 4.19. The zero-order chi connectivity index (χ0) is 18.8. The second-order valence-corrected chi connectivity index (χ2v) is 8.31. The molecule has 2 aromatic rings. The fourth-order valence-corrected chi connectivity index (χ4v) is 4.72.